The van der Waals surface area contributed by atoms with E-state index in [9.17, 15) is 13.2 Å². The Hall–Kier alpha value is -2.80. The summed E-state index contributed by atoms with van der Waals surface area (Å²) in [6.07, 6.45) is 0.942. The van der Waals surface area contributed by atoms with Crippen molar-refractivity contribution < 1.29 is 36.3 Å². The zero-order valence-corrected chi connectivity index (χ0v) is 30.1. The molecular formula is C35H46ClNO8S2. The third-order valence-electron chi connectivity index (χ3n) is 6.89. The zero-order valence-electron chi connectivity index (χ0n) is 27.8. The number of carbonyl (C=O) groups excluding carboxylic acids is 1. The maximum Gasteiger partial charge on any atom is 0.408 e. The molecule has 0 heterocycles. The van der Waals surface area contributed by atoms with Crippen molar-refractivity contribution >= 4 is 39.6 Å². The number of hydrogen-bond donors (Lipinski definition) is 1. The first-order valence-electron chi connectivity index (χ1n) is 15.5. The molecule has 47 heavy (non-hydrogen) atoms. The second kappa shape index (κ2) is 18.7. The van der Waals surface area contributed by atoms with Gasteiger partial charge in [0, 0.05) is 21.9 Å². The van der Waals surface area contributed by atoms with Gasteiger partial charge in [-0.05, 0) is 94.8 Å². The van der Waals surface area contributed by atoms with E-state index in [2.05, 4.69) is 5.32 Å². The van der Waals surface area contributed by atoms with Gasteiger partial charge in [-0.15, -0.1) is 0 Å². The van der Waals surface area contributed by atoms with E-state index in [1.165, 1.54) is 7.11 Å². The topological polar surface area (TPSA) is 109 Å². The summed E-state index contributed by atoms with van der Waals surface area (Å²) in [4.78, 5) is 14.9. The van der Waals surface area contributed by atoms with Crippen molar-refractivity contribution in [3.05, 3.63) is 88.9 Å². The molecule has 258 valence electrons. The van der Waals surface area contributed by atoms with Crippen LogP contribution in [0.1, 0.15) is 58.1 Å². The highest BCUT2D eigenvalue weighted by Gasteiger charge is 2.35. The summed E-state index contributed by atoms with van der Waals surface area (Å²) in [6, 6.07) is 23.9. The van der Waals surface area contributed by atoms with Gasteiger partial charge < -0.3 is 24.3 Å². The van der Waals surface area contributed by atoms with Crippen molar-refractivity contribution in [3.63, 3.8) is 0 Å². The van der Waals surface area contributed by atoms with Crippen LogP contribution < -0.4 is 10.1 Å². The van der Waals surface area contributed by atoms with Gasteiger partial charge in [-0.1, -0.05) is 65.8 Å². The van der Waals surface area contributed by atoms with Crippen LogP contribution >= 0.6 is 23.4 Å². The lowest BCUT2D eigenvalue weighted by Gasteiger charge is -2.35. The Morgan fingerprint density at radius 1 is 0.957 bits per heavy atom. The second-order valence-electron chi connectivity index (χ2n) is 12.0. The minimum atomic E-state index is -3.81. The lowest BCUT2D eigenvalue weighted by molar-refractivity contribution is -0.0570. The van der Waals surface area contributed by atoms with Gasteiger partial charge in [0.2, 0.25) is 0 Å². The van der Waals surface area contributed by atoms with Crippen molar-refractivity contribution in [2.45, 2.75) is 80.9 Å². The number of aryl methyl sites for hydroxylation is 1. The van der Waals surface area contributed by atoms with Crippen LogP contribution in [-0.4, -0.2) is 58.5 Å². The van der Waals surface area contributed by atoms with Crippen LogP contribution in [0.25, 0.3) is 0 Å². The maximum atomic E-state index is 12.9. The molecule has 0 aliphatic heterocycles. The Bertz CT molecular complexity index is 1520. The third-order valence-corrected chi connectivity index (χ3v) is 9.52. The van der Waals surface area contributed by atoms with Crippen LogP contribution in [0.4, 0.5) is 4.79 Å². The summed E-state index contributed by atoms with van der Waals surface area (Å²) in [5, 5.41) is 3.53. The van der Waals surface area contributed by atoms with Gasteiger partial charge in [0.05, 0.1) is 24.5 Å². The van der Waals surface area contributed by atoms with Crippen LogP contribution in [0, 0.1) is 0 Å². The molecule has 0 fully saturated rings. The molecule has 1 amide bonds. The molecule has 1 N–H and O–H groups in total. The summed E-state index contributed by atoms with van der Waals surface area (Å²) in [5.74, 6) is 0.478. The first kappa shape index (κ1) is 38.6. The number of ether oxygens (including phenoxy) is 4. The first-order chi connectivity index (χ1) is 22.3. The van der Waals surface area contributed by atoms with E-state index >= 15 is 0 Å². The molecule has 0 saturated carbocycles. The maximum absolute atomic E-state index is 12.9. The van der Waals surface area contributed by atoms with E-state index in [1.54, 1.807) is 39.5 Å². The third kappa shape index (κ3) is 14.5. The van der Waals surface area contributed by atoms with E-state index in [0.717, 1.165) is 26.7 Å². The largest absolute Gasteiger partial charge is 0.489 e. The standard InChI is InChI=1S/C35H46ClNO8S2/c1-6-44-47(39,40)21-20-35(25-42-26-41-5,37-33(38)45-34(2,3)4)19-11-14-28-17-18-31(23-32(28)36)46-30-16-10-15-29(22-30)43-24-27-12-8-7-9-13-27/h7-10,12-13,15-18,22-23H,6,11,14,19-21,24-26H2,1-5H3,(H,37,38). The summed E-state index contributed by atoms with van der Waals surface area (Å²) in [7, 11) is -2.32. The smallest absolute Gasteiger partial charge is 0.408 e. The monoisotopic (exact) mass is 707 g/mol. The van der Waals surface area contributed by atoms with E-state index in [-0.39, 0.29) is 32.2 Å². The average Bonchev–Trinajstić information content (AvgIpc) is 3.00. The first-order valence-corrected chi connectivity index (χ1v) is 18.3. The van der Waals surface area contributed by atoms with E-state index in [4.69, 9.17) is 34.7 Å². The molecule has 1 unspecified atom stereocenters. The summed E-state index contributed by atoms with van der Waals surface area (Å²) < 4.78 is 52.1. The fraction of sp³-hybridized carbons (Fsp3) is 0.457. The van der Waals surface area contributed by atoms with Crippen molar-refractivity contribution in [2.24, 2.45) is 0 Å². The molecule has 0 bridgehead atoms. The SMILES string of the molecule is CCOS(=O)(=O)CCC(CCCc1ccc(Sc2cccc(OCc3ccccc3)c2)cc1Cl)(COCOC)NC(=O)OC(C)(C)C. The molecule has 3 aromatic carbocycles. The van der Waals surface area contributed by atoms with Crippen LogP contribution in [0.3, 0.4) is 0 Å². The van der Waals surface area contributed by atoms with Crippen LogP contribution in [0.5, 0.6) is 5.75 Å². The molecule has 3 rings (SSSR count). The van der Waals surface area contributed by atoms with Crippen LogP contribution in [0.2, 0.25) is 5.02 Å². The predicted octanol–water partition coefficient (Wildman–Crippen LogP) is 8.03. The zero-order chi connectivity index (χ0) is 34.3. The summed E-state index contributed by atoms with van der Waals surface area (Å²) in [6.45, 7) is 7.39. The van der Waals surface area contributed by atoms with Crippen LogP contribution in [0.15, 0.2) is 82.6 Å². The van der Waals surface area contributed by atoms with Gasteiger partial charge in [-0.3, -0.25) is 4.18 Å². The fourth-order valence-corrected chi connectivity index (χ4v) is 7.11. The Morgan fingerprint density at radius 2 is 1.70 bits per heavy atom. The molecule has 1 atom stereocenters. The number of nitrogens with one attached hydrogen (secondary N) is 1. The number of alkyl carbamates (subject to hydrolysis) is 1. The Kier molecular flexibility index (Phi) is 15.3. The molecule has 0 aliphatic rings. The average molecular weight is 708 g/mol. The van der Waals surface area contributed by atoms with Gasteiger partial charge in [-0.2, -0.15) is 8.42 Å². The van der Waals surface area contributed by atoms with Gasteiger partial charge in [0.25, 0.3) is 10.1 Å². The quantitative estimate of drug-likeness (QED) is 0.0752. The molecule has 9 nitrogen and oxygen atoms in total. The van der Waals surface area contributed by atoms with E-state index in [1.807, 2.05) is 72.8 Å². The number of methoxy groups -OCH3 is 1. The number of benzene rings is 3. The Labute approximate surface area is 288 Å². The molecule has 0 radical (unpaired) electrons. The summed E-state index contributed by atoms with van der Waals surface area (Å²) in [5.41, 5.74) is 0.219. The van der Waals surface area contributed by atoms with Gasteiger partial charge >= 0.3 is 6.09 Å². The minimum Gasteiger partial charge on any atom is -0.489 e. The number of rotatable bonds is 19. The number of amides is 1. The fourth-order valence-electron chi connectivity index (χ4n) is 4.75. The Morgan fingerprint density at radius 3 is 2.38 bits per heavy atom. The molecule has 12 heteroatoms. The van der Waals surface area contributed by atoms with Gasteiger partial charge in [-0.25, -0.2) is 4.79 Å². The molecule has 0 aliphatic carbocycles. The normalized spacial score (nSPS) is 13.1. The van der Waals surface area contributed by atoms with Gasteiger partial charge in [0.1, 0.15) is 24.8 Å². The molecule has 0 spiro atoms. The highest BCUT2D eigenvalue weighted by atomic mass is 35.5. The Balaban J connectivity index is 1.69. The lowest BCUT2D eigenvalue weighted by Crippen LogP contribution is -2.54. The number of carbonyl (C=O) groups is 1. The predicted molar refractivity (Wildman–Crippen MR) is 186 cm³/mol. The molecular weight excluding hydrogens is 662 g/mol. The van der Waals surface area contributed by atoms with Crippen molar-refractivity contribution in [3.8, 4) is 5.75 Å². The summed E-state index contributed by atoms with van der Waals surface area (Å²) >= 11 is 8.33. The minimum absolute atomic E-state index is 0.0131. The lowest BCUT2D eigenvalue weighted by atomic mass is 9.89. The van der Waals surface area contributed by atoms with E-state index in [0.29, 0.717) is 30.9 Å². The molecule has 3 aromatic rings. The van der Waals surface area contributed by atoms with Crippen molar-refractivity contribution in [2.75, 3.05) is 32.9 Å². The highest BCUT2D eigenvalue weighted by Crippen LogP contribution is 2.34. The molecule has 0 saturated heterocycles. The van der Waals surface area contributed by atoms with Crippen molar-refractivity contribution in [1.82, 2.24) is 5.32 Å². The highest BCUT2D eigenvalue weighted by molar-refractivity contribution is 7.99. The molecule has 0 aromatic heterocycles. The van der Waals surface area contributed by atoms with E-state index < -0.39 is 27.4 Å². The van der Waals surface area contributed by atoms with Gasteiger partial charge in [0.15, 0.2) is 0 Å². The van der Waals surface area contributed by atoms with Crippen LogP contribution in [-0.2, 0) is 41.5 Å². The number of hydrogen-bond acceptors (Lipinski definition) is 9. The second-order valence-corrected chi connectivity index (χ2v) is 15.4. The number of halogens is 1. The van der Waals surface area contributed by atoms with Crippen molar-refractivity contribution in [1.29, 1.82) is 0 Å².